The maximum atomic E-state index is 13.2. The summed E-state index contributed by atoms with van der Waals surface area (Å²) in [6.45, 7) is 4.92. The van der Waals surface area contributed by atoms with Crippen molar-refractivity contribution < 1.29 is 9.13 Å². The van der Waals surface area contributed by atoms with E-state index in [1.165, 1.54) is 12.1 Å². The van der Waals surface area contributed by atoms with Crippen LogP contribution in [0.2, 0.25) is 0 Å². The van der Waals surface area contributed by atoms with Crippen LogP contribution in [0.5, 0.6) is 5.75 Å². The van der Waals surface area contributed by atoms with Gasteiger partial charge in [0.1, 0.15) is 28.4 Å². The minimum absolute atomic E-state index is 0.213. The summed E-state index contributed by atoms with van der Waals surface area (Å²) in [5.41, 5.74) is 8.02. The molecule has 0 spiro atoms. The number of hydrogen-bond donors (Lipinski definition) is 3. The number of piperazine rings is 1. The zero-order valence-corrected chi connectivity index (χ0v) is 17.6. The summed E-state index contributed by atoms with van der Waals surface area (Å²) in [5.74, 6) is 0.814. The van der Waals surface area contributed by atoms with E-state index in [1.807, 2.05) is 30.3 Å². The first kappa shape index (κ1) is 20.8. The van der Waals surface area contributed by atoms with Gasteiger partial charge in [0.25, 0.3) is 0 Å². The van der Waals surface area contributed by atoms with Crippen molar-refractivity contribution in [1.29, 1.82) is 5.41 Å². The number of anilines is 2. The SMILES string of the molecule is COc1cccc2/c(=N/C(=N)CN3CCN(c4ccc(F)cc4)[C@@H](C)C3)[nH]c(N)nc12. The highest BCUT2D eigenvalue weighted by molar-refractivity contribution is 5.87. The molecule has 1 aliphatic rings. The molecule has 0 aliphatic carbocycles. The van der Waals surface area contributed by atoms with Gasteiger partial charge in [-0.05, 0) is 43.3 Å². The van der Waals surface area contributed by atoms with Gasteiger partial charge in [-0.2, -0.15) is 0 Å². The number of aromatic nitrogens is 2. The summed E-state index contributed by atoms with van der Waals surface area (Å²) in [7, 11) is 1.58. The molecular formula is C22H26FN7O. The zero-order chi connectivity index (χ0) is 22.0. The molecule has 162 valence electrons. The van der Waals surface area contributed by atoms with Crippen LogP contribution in [0, 0.1) is 11.2 Å². The molecule has 0 amide bonds. The van der Waals surface area contributed by atoms with Gasteiger partial charge in [0.2, 0.25) is 0 Å². The lowest BCUT2D eigenvalue weighted by Crippen LogP contribution is -2.53. The fourth-order valence-corrected chi connectivity index (χ4v) is 3.99. The molecule has 1 aliphatic heterocycles. The lowest BCUT2D eigenvalue weighted by molar-refractivity contribution is 0.256. The number of methoxy groups -OCH3 is 1. The standard InChI is InChI=1S/C22H26FN7O/c1-14-12-29(10-11-30(14)16-8-6-15(23)7-9-16)13-19(24)26-21-17-4-3-5-18(31-2)20(17)27-22(25)28-21/h3-9,14H,10-13H2,1-2H3,(H4,24,25,26,27,28)/t14-/m0/s1. The van der Waals surface area contributed by atoms with E-state index in [1.54, 1.807) is 7.11 Å². The van der Waals surface area contributed by atoms with E-state index < -0.39 is 0 Å². The molecule has 1 aromatic heterocycles. The third-order valence-electron chi connectivity index (χ3n) is 5.44. The molecule has 0 saturated carbocycles. The molecule has 31 heavy (non-hydrogen) atoms. The van der Waals surface area contributed by atoms with Crippen molar-refractivity contribution in [3.63, 3.8) is 0 Å². The second kappa shape index (κ2) is 8.73. The van der Waals surface area contributed by atoms with E-state index in [0.717, 1.165) is 30.7 Å². The van der Waals surface area contributed by atoms with Crippen molar-refractivity contribution in [2.24, 2.45) is 4.99 Å². The third-order valence-corrected chi connectivity index (χ3v) is 5.44. The molecular weight excluding hydrogens is 397 g/mol. The maximum absolute atomic E-state index is 13.2. The Hall–Kier alpha value is -3.46. The number of amidine groups is 1. The fraction of sp³-hybridized carbons (Fsp3) is 0.318. The van der Waals surface area contributed by atoms with Gasteiger partial charge < -0.3 is 20.4 Å². The van der Waals surface area contributed by atoms with Gasteiger partial charge in [0, 0.05) is 36.7 Å². The Morgan fingerprint density at radius 1 is 1.29 bits per heavy atom. The van der Waals surface area contributed by atoms with Crippen molar-refractivity contribution in [3.05, 3.63) is 53.8 Å². The Labute approximate surface area is 179 Å². The molecule has 1 fully saturated rings. The van der Waals surface area contributed by atoms with E-state index >= 15 is 0 Å². The third kappa shape index (κ3) is 4.51. The van der Waals surface area contributed by atoms with Gasteiger partial charge in [-0.25, -0.2) is 14.4 Å². The molecule has 9 heteroatoms. The van der Waals surface area contributed by atoms with Gasteiger partial charge >= 0.3 is 0 Å². The summed E-state index contributed by atoms with van der Waals surface area (Å²) >= 11 is 0. The molecule has 4 rings (SSSR count). The number of benzene rings is 2. The summed E-state index contributed by atoms with van der Waals surface area (Å²) < 4.78 is 18.6. The number of ether oxygens (including phenoxy) is 1. The Morgan fingerprint density at radius 2 is 2.06 bits per heavy atom. The highest BCUT2D eigenvalue weighted by atomic mass is 19.1. The van der Waals surface area contributed by atoms with Crippen LogP contribution < -0.4 is 20.9 Å². The van der Waals surface area contributed by atoms with Crippen molar-refractivity contribution in [2.45, 2.75) is 13.0 Å². The predicted molar refractivity (Wildman–Crippen MR) is 120 cm³/mol. The minimum atomic E-state index is -0.233. The minimum Gasteiger partial charge on any atom is -0.494 e. The average molecular weight is 423 g/mol. The second-order valence-electron chi connectivity index (χ2n) is 7.64. The van der Waals surface area contributed by atoms with Crippen molar-refractivity contribution in [3.8, 4) is 5.75 Å². The first-order valence-electron chi connectivity index (χ1n) is 10.1. The van der Waals surface area contributed by atoms with E-state index in [4.69, 9.17) is 15.9 Å². The summed E-state index contributed by atoms with van der Waals surface area (Å²) in [6, 6.07) is 12.4. The number of rotatable bonds is 4. The van der Waals surface area contributed by atoms with Crippen LogP contribution >= 0.6 is 0 Å². The molecule has 4 N–H and O–H groups in total. The molecule has 0 radical (unpaired) electrons. The number of halogens is 1. The van der Waals surface area contributed by atoms with Crippen LogP contribution in [0.15, 0.2) is 47.5 Å². The first-order valence-corrected chi connectivity index (χ1v) is 10.1. The van der Waals surface area contributed by atoms with Gasteiger partial charge in [0.05, 0.1) is 13.7 Å². The average Bonchev–Trinajstić information content (AvgIpc) is 2.74. The van der Waals surface area contributed by atoms with Crippen molar-refractivity contribution in [2.75, 3.05) is 43.9 Å². The van der Waals surface area contributed by atoms with Crippen LogP contribution in [-0.2, 0) is 0 Å². The number of H-pyrrole nitrogens is 1. The number of nitrogens with one attached hydrogen (secondary N) is 2. The van der Waals surface area contributed by atoms with E-state index in [2.05, 4.69) is 31.7 Å². The lowest BCUT2D eigenvalue weighted by Gasteiger charge is -2.41. The van der Waals surface area contributed by atoms with Crippen molar-refractivity contribution in [1.82, 2.24) is 14.9 Å². The Kier molecular flexibility index (Phi) is 5.85. The largest absolute Gasteiger partial charge is 0.494 e. The lowest BCUT2D eigenvalue weighted by atomic mass is 10.1. The van der Waals surface area contributed by atoms with E-state index in [-0.39, 0.29) is 23.6 Å². The molecule has 1 atom stereocenters. The van der Waals surface area contributed by atoms with E-state index in [9.17, 15) is 4.39 Å². The highest BCUT2D eigenvalue weighted by Gasteiger charge is 2.24. The summed E-state index contributed by atoms with van der Waals surface area (Å²) in [5, 5.41) is 9.18. The molecule has 3 aromatic rings. The van der Waals surface area contributed by atoms with Crippen LogP contribution in [0.1, 0.15) is 6.92 Å². The van der Waals surface area contributed by atoms with Crippen LogP contribution in [0.4, 0.5) is 16.0 Å². The number of nitrogens with two attached hydrogens (primary N) is 1. The maximum Gasteiger partial charge on any atom is 0.199 e. The number of nitrogens with zero attached hydrogens (tertiary/aromatic N) is 4. The topological polar surface area (TPSA) is 107 Å². The summed E-state index contributed by atoms with van der Waals surface area (Å²) in [4.78, 5) is 16.2. The fourth-order valence-electron chi connectivity index (χ4n) is 3.99. The Balaban J connectivity index is 1.50. The summed E-state index contributed by atoms with van der Waals surface area (Å²) in [6.07, 6.45) is 0. The van der Waals surface area contributed by atoms with Gasteiger partial charge in [-0.3, -0.25) is 10.3 Å². The number of para-hydroxylation sites is 1. The normalized spacial score (nSPS) is 17.8. The van der Waals surface area contributed by atoms with E-state index in [0.29, 0.717) is 23.3 Å². The van der Waals surface area contributed by atoms with Gasteiger partial charge in [-0.15, -0.1) is 0 Å². The Morgan fingerprint density at radius 3 is 2.77 bits per heavy atom. The monoisotopic (exact) mass is 423 g/mol. The van der Waals surface area contributed by atoms with Crippen LogP contribution in [0.3, 0.4) is 0 Å². The number of aromatic amines is 1. The molecule has 2 heterocycles. The number of hydrogen-bond acceptors (Lipinski definition) is 6. The quantitative estimate of drug-likeness (QED) is 0.441. The number of fused-ring (bicyclic) bond motifs is 1. The predicted octanol–water partition coefficient (Wildman–Crippen LogP) is 2.38. The van der Waals surface area contributed by atoms with Crippen molar-refractivity contribution >= 4 is 28.4 Å². The zero-order valence-electron chi connectivity index (χ0n) is 17.6. The van der Waals surface area contributed by atoms with Crippen LogP contribution in [-0.4, -0.2) is 60.0 Å². The van der Waals surface area contributed by atoms with Crippen LogP contribution in [0.25, 0.3) is 10.9 Å². The molecule has 0 bridgehead atoms. The number of nitrogen functional groups attached to an aromatic ring is 1. The molecule has 1 saturated heterocycles. The highest BCUT2D eigenvalue weighted by Crippen LogP contribution is 2.22. The Bertz CT molecular complexity index is 1160. The van der Waals surface area contributed by atoms with Gasteiger partial charge in [-0.1, -0.05) is 6.07 Å². The van der Waals surface area contributed by atoms with Gasteiger partial charge in [0.15, 0.2) is 5.95 Å². The first-order chi connectivity index (χ1) is 14.9. The second-order valence-corrected chi connectivity index (χ2v) is 7.64. The molecule has 0 unspecified atom stereocenters. The smallest absolute Gasteiger partial charge is 0.199 e. The molecule has 2 aromatic carbocycles. The molecule has 8 nitrogen and oxygen atoms in total.